The van der Waals surface area contributed by atoms with Crippen LogP contribution < -0.4 is 11.1 Å². The molecule has 0 saturated heterocycles. The zero-order chi connectivity index (χ0) is 9.68. The van der Waals surface area contributed by atoms with Crippen molar-refractivity contribution in [2.75, 3.05) is 18.5 Å². The van der Waals surface area contributed by atoms with Gasteiger partial charge in [-0.25, -0.2) is 0 Å². The Labute approximate surface area is 77.8 Å². The number of hydrogen-bond donors (Lipinski definition) is 3. The molecule has 4 heteroatoms. The maximum Gasteiger partial charge on any atom is 0.0604 e. The third-order valence-corrected chi connectivity index (χ3v) is 1.77. The van der Waals surface area contributed by atoms with Gasteiger partial charge in [-0.3, -0.25) is 4.98 Å². The van der Waals surface area contributed by atoms with Crippen LogP contribution in [-0.4, -0.2) is 23.2 Å². The van der Waals surface area contributed by atoms with Crippen molar-refractivity contribution in [3.8, 4) is 0 Å². The molecule has 0 aliphatic carbocycles. The molecular formula is C9H15N3O. The lowest BCUT2D eigenvalue weighted by molar-refractivity contribution is 0.311. The SMILES string of the molecule is Cc1cc(NCCO)c(CN)cn1. The molecule has 0 saturated carbocycles. The minimum absolute atomic E-state index is 0.116. The van der Waals surface area contributed by atoms with Gasteiger partial charge < -0.3 is 16.2 Å². The van der Waals surface area contributed by atoms with Gasteiger partial charge in [-0.15, -0.1) is 0 Å². The highest BCUT2D eigenvalue weighted by molar-refractivity contribution is 5.50. The van der Waals surface area contributed by atoms with Crippen molar-refractivity contribution in [1.82, 2.24) is 4.98 Å². The molecule has 1 heterocycles. The molecule has 1 aromatic heterocycles. The molecule has 13 heavy (non-hydrogen) atoms. The second kappa shape index (κ2) is 4.79. The average Bonchev–Trinajstić information content (AvgIpc) is 2.15. The number of anilines is 1. The summed E-state index contributed by atoms with van der Waals surface area (Å²) in [6, 6.07) is 1.93. The summed E-state index contributed by atoms with van der Waals surface area (Å²) in [4.78, 5) is 4.14. The highest BCUT2D eigenvalue weighted by Gasteiger charge is 2.00. The molecular weight excluding hydrogens is 166 g/mol. The number of nitrogens with one attached hydrogen (secondary N) is 1. The Hall–Kier alpha value is -1.13. The Morgan fingerprint density at radius 2 is 2.38 bits per heavy atom. The van der Waals surface area contributed by atoms with Crippen molar-refractivity contribution in [2.45, 2.75) is 13.5 Å². The van der Waals surface area contributed by atoms with Gasteiger partial charge in [0, 0.05) is 36.2 Å². The molecule has 0 amide bonds. The van der Waals surface area contributed by atoms with Crippen molar-refractivity contribution < 1.29 is 5.11 Å². The number of pyridine rings is 1. The zero-order valence-corrected chi connectivity index (χ0v) is 7.75. The van der Waals surface area contributed by atoms with Crippen LogP contribution in [0.3, 0.4) is 0 Å². The smallest absolute Gasteiger partial charge is 0.0604 e. The van der Waals surface area contributed by atoms with Crippen LogP contribution in [0.15, 0.2) is 12.3 Å². The van der Waals surface area contributed by atoms with Crippen molar-refractivity contribution in [3.05, 3.63) is 23.5 Å². The van der Waals surface area contributed by atoms with E-state index in [1.165, 1.54) is 0 Å². The van der Waals surface area contributed by atoms with Crippen LogP contribution >= 0.6 is 0 Å². The fourth-order valence-corrected chi connectivity index (χ4v) is 1.11. The number of hydrogen-bond acceptors (Lipinski definition) is 4. The van der Waals surface area contributed by atoms with Crippen LogP contribution in [0.5, 0.6) is 0 Å². The van der Waals surface area contributed by atoms with Gasteiger partial charge in [0.15, 0.2) is 0 Å². The monoisotopic (exact) mass is 181 g/mol. The molecule has 0 atom stereocenters. The normalized spacial score (nSPS) is 10.1. The van der Waals surface area contributed by atoms with Gasteiger partial charge >= 0.3 is 0 Å². The Morgan fingerprint density at radius 1 is 1.62 bits per heavy atom. The molecule has 1 rings (SSSR count). The van der Waals surface area contributed by atoms with Gasteiger partial charge in [0.2, 0.25) is 0 Å². The Morgan fingerprint density at radius 3 is 3.00 bits per heavy atom. The zero-order valence-electron chi connectivity index (χ0n) is 7.75. The fourth-order valence-electron chi connectivity index (χ4n) is 1.11. The maximum atomic E-state index is 8.65. The summed E-state index contributed by atoms with van der Waals surface area (Å²) in [5.74, 6) is 0. The largest absolute Gasteiger partial charge is 0.395 e. The molecule has 4 nitrogen and oxygen atoms in total. The third kappa shape index (κ3) is 2.68. The summed E-state index contributed by atoms with van der Waals surface area (Å²) in [5.41, 5.74) is 8.41. The topological polar surface area (TPSA) is 71.2 Å². The number of aryl methyl sites for hydroxylation is 1. The Kier molecular flexibility index (Phi) is 3.67. The first-order chi connectivity index (χ1) is 6.27. The summed E-state index contributed by atoms with van der Waals surface area (Å²) in [6.07, 6.45) is 1.76. The first-order valence-corrected chi connectivity index (χ1v) is 4.28. The van der Waals surface area contributed by atoms with Gasteiger partial charge in [0.1, 0.15) is 0 Å². The van der Waals surface area contributed by atoms with Crippen LogP contribution in [0.2, 0.25) is 0 Å². The molecule has 0 radical (unpaired) electrons. The summed E-state index contributed by atoms with van der Waals surface area (Å²) < 4.78 is 0. The van der Waals surface area contributed by atoms with Crippen LogP contribution in [0.1, 0.15) is 11.3 Å². The lowest BCUT2D eigenvalue weighted by atomic mass is 10.2. The van der Waals surface area contributed by atoms with E-state index >= 15 is 0 Å². The van der Waals surface area contributed by atoms with Gasteiger partial charge in [0.05, 0.1) is 6.61 Å². The van der Waals surface area contributed by atoms with Crippen molar-refractivity contribution in [3.63, 3.8) is 0 Å². The summed E-state index contributed by atoms with van der Waals surface area (Å²) in [7, 11) is 0. The van der Waals surface area contributed by atoms with E-state index in [4.69, 9.17) is 10.8 Å². The highest BCUT2D eigenvalue weighted by atomic mass is 16.3. The average molecular weight is 181 g/mol. The van der Waals surface area contributed by atoms with Crippen LogP contribution in [0.25, 0.3) is 0 Å². The second-order valence-electron chi connectivity index (χ2n) is 2.84. The van der Waals surface area contributed by atoms with Crippen LogP contribution in [0.4, 0.5) is 5.69 Å². The Balaban J connectivity index is 2.81. The molecule has 0 aliphatic rings. The molecule has 0 bridgehead atoms. The molecule has 4 N–H and O–H groups in total. The van der Waals surface area contributed by atoms with Crippen molar-refractivity contribution >= 4 is 5.69 Å². The van der Waals surface area contributed by atoms with Crippen molar-refractivity contribution in [1.29, 1.82) is 0 Å². The first kappa shape index (κ1) is 9.95. The highest BCUT2D eigenvalue weighted by Crippen LogP contribution is 2.14. The number of aliphatic hydroxyl groups is 1. The quantitative estimate of drug-likeness (QED) is 0.622. The molecule has 0 aliphatic heterocycles. The lowest BCUT2D eigenvalue weighted by Crippen LogP contribution is -2.10. The fraction of sp³-hybridized carbons (Fsp3) is 0.444. The van der Waals surface area contributed by atoms with Gasteiger partial charge in [-0.2, -0.15) is 0 Å². The van der Waals surface area contributed by atoms with E-state index in [9.17, 15) is 0 Å². The van der Waals surface area contributed by atoms with E-state index in [2.05, 4.69) is 10.3 Å². The number of aliphatic hydroxyl groups excluding tert-OH is 1. The van der Waals surface area contributed by atoms with Crippen molar-refractivity contribution in [2.24, 2.45) is 5.73 Å². The van der Waals surface area contributed by atoms with Crippen LogP contribution in [0, 0.1) is 6.92 Å². The van der Waals surface area contributed by atoms with Gasteiger partial charge in [-0.05, 0) is 13.0 Å². The van der Waals surface area contributed by atoms with E-state index in [0.29, 0.717) is 13.1 Å². The summed E-state index contributed by atoms with van der Waals surface area (Å²) in [5, 5.41) is 11.7. The number of rotatable bonds is 4. The van der Waals surface area contributed by atoms with E-state index in [-0.39, 0.29) is 6.61 Å². The first-order valence-electron chi connectivity index (χ1n) is 4.28. The van der Waals surface area contributed by atoms with E-state index < -0.39 is 0 Å². The number of nitrogens with two attached hydrogens (primary N) is 1. The molecule has 72 valence electrons. The predicted molar refractivity (Wildman–Crippen MR) is 52.4 cm³/mol. The van der Waals surface area contributed by atoms with Crippen LogP contribution in [-0.2, 0) is 6.54 Å². The van der Waals surface area contributed by atoms with E-state index in [0.717, 1.165) is 16.9 Å². The number of nitrogens with zero attached hydrogens (tertiary/aromatic N) is 1. The third-order valence-electron chi connectivity index (χ3n) is 1.77. The molecule has 0 aromatic carbocycles. The van der Waals surface area contributed by atoms with E-state index in [1.807, 2.05) is 13.0 Å². The molecule has 1 aromatic rings. The standard InChI is InChI=1S/C9H15N3O/c1-7-4-9(11-2-3-13)8(5-10)6-12-7/h4,6,13H,2-3,5,10H2,1H3,(H,11,12). The summed E-state index contributed by atoms with van der Waals surface area (Å²) >= 11 is 0. The summed E-state index contributed by atoms with van der Waals surface area (Å²) in [6.45, 7) is 3.04. The minimum Gasteiger partial charge on any atom is -0.395 e. The Bertz CT molecular complexity index is 276. The van der Waals surface area contributed by atoms with E-state index in [1.54, 1.807) is 6.20 Å². The molecule has 0 spiro atoms. The van der Waals surface area contributed by atoms with Gasteiger partial charge in [0.25, 0.3) is 0 Å². The minimum atomic E-state index is 0.116. The molecule has 0 fully saturated rings. The number of aromatic nitrogens is 1. The predicted octanol–water partition coefficient (Wildman–Crippen LogP) is 0.253. The second-order valence-corrected chi connectivity index (χ2v) is 2.84. The lowest BCUT2D eigenvalue weighted by Gasteiger charge is -2.09. The van der Waals surface area contributed by atoms with Gasteiger partial charge in [-0.1, -0.05) is 0 Å². The molecule has 0 unspecified atom stereocenters. The maximum absolute atomic E-state index is 8.65.